The van der Waals surface area contributed by atoms with Gasteiger partial charge in [0.2, 0.25) is 0 Å². The maximum absolute atomic E-state index is 12.0. The lowest BCUT2D eigenvalue weighted by molar-refractivity contribution is -0.123. The highest BCUT2D eigenvalue weighted by Crippen LogP contribution is 2.31. The number of carbonyl (C=O) groups is 3. The molecule has 1 aliphatic heterocycles. The third-order valence-corrected chi connectivity index (χ3v) is 4.35. The highest BCUT2D eigenvalue weighted by atomic mass is 16.2. The van der Waals surface area contributed by atoms with Crippen molar-refractivity contribution in [1.82, 2.24) is 10.6 Å². The van der Waals surface area contributed by atoms with Crippen LogP contribution in [-0.2, 0) is 22.4 Å². The van der Waals surface area contributed by atoms with Crippen molar-refractivity contribution in [1.29, 1.82) is 0 Å². The van der Waals surface area contributed by atoms with Crippen LogP contribution in [0.2, 0.25) is 0 Å². The van der Waals surface area contributed by atoms with Crippen molar-refractivity contribution in [3.8, 4) is 0 Å². The van der Waals surface area contributed by atoms with Crippen molar-refractivity contribution in [2.75, 3.05) is 0 Å². The van der Waals surface area contributed by atoms with E-state index in [1.807, 2.05) is 24.3 Å². The molecule has 4 amide bonds. The number of benzene rings is 2. The number of imide groups is 2. The van der Waals surface area contributed by atoms with E-state index in [0.29, 0.717) is 0 Å². The second kappa shape index (κ2) is 5.45. The maximum atomic E-state index is 12.0. The fourth-order valence-corrected chi connectivity index (χ4v) is 3.23. The zero-order valence-electron chi connectivity index (χ0n) is 12.8. The Labute approximate surface area is 138 Å². The van der Waals surface area contributed by atoms with Gasteiger partial charge < -0.3 is 0 Å². The van der Waals surface area contributed by atoms with E-state index in [9.17, 15) is 14.4 Å². The summed E-state index contributed by atoms with van der Waals surface area (Å²) >= 11 is 0. The summed E-state index contributed by atoms with van der Waals surface area (Å²) in [5.41, 5.74) is 3.11. The van der Waals surface area contributed by atoms with Crippen LogP contribution in [0.5, 0.6) is 0 Å². The van der Waals surface area contributed by atoms with Crippen molar-refractivity contribution in [3.63, 3.8) is 0 Å². The number of nitrogens with one attached hydrogen (secondary N) is 2. The van der Waals surface area contributed by atoms with E-state index in [1.165, 1.54) is 5.56 Å². The fourth-order valence-electron chi connectivity index (χ4n) is 3.23. The van der Waals surface area contributed by atoms with Gasteiger partial charge in [0.25, 0.3) is 11.8 Å². The zero-order chi connectivity index (χ0) is 16.7. The third kappa shape index (κ3) is 2.31. The zero-order valence-corrected chi connectivity index (χ0v) is 12.8. The first-order chi connectivity index (χ1) is 11.6. The van der Waals surface area contributed by atoms with Crippen LogP contribution in [-0.4, -0.2) is 17.8 Å². The summed E-state index contributed by atoms with van der Waals surface area (Å²) in [6, 6.07) is 9.25. The number of rotatable bonds is 1. The molecular weight excluding hydrogens is 304 g/mol. The first kappa shape index (κ1) is 14.4. The van der Waals surface area contributed by atoms with Crippen LogP contribution in [0.1, 0.15) is 16.7 Å². The largest absolute Gasteiger partial charge is 0.328 e. The fraction of sp³-hybridized carbons (Fsp3) is 0.105. The van der Waals surface area contributed by atoms with E-state index < -0.39 is 17.8 Å². The molecule has 0 saturated carbocycles. The number of carbonyl (C=O) groups excluding carboxylic acids is 3. The Balaban J connectivity index is 1.96. The molecule has 2 aliphatic rings. The first-order valence-corrected chi connectivity index (χ1v) is 7.70. The summed E-state index contributed by atoms with van der Waals surface area (Å²) in [6.07, 6.45) is 7.38. The summed E-state index contributed by atoms with van der Waals surface area (Å²) < 4.78 is 0. The molecule has 0 aromatic heterocycles. The molecule has 2 N–H and O–H groups in total. The van der Waals surface area contributed by atoms with Crippen LogP contribution in [0.25, 0.3) is 16.8 Å². The quantitative estimate of drug-likeness (QED) is 0.481. The lowest BCUT2D eigenvalue weighted by atomic mass is 9.87. The van der Waals surface area contributed by atoms with Crippen molar-refractivity contribution in [2.24, 2.45) is 0 Å². The van der Waals surface area contributed by atoms with Gasteiger partial charge in [-0.05, 0) is 46.4 Å². The van der Waals surface area contributed by atoms with Crippen LogP contribution in [0, 0.1) is 0 Å². The molecule has 24 heavy (non-hydrogen) atoms. The number of urea groups is 1. The van der Waals surface area contributed by atoms with Crippen LogP contribution in [0.4, 0.5) is 4.79 Å². The van der Waals surface area contributed by atoms with E-state index in [1.54, 1.807) is 6.08 Å². The van der Waals surface area contributed by atoms with E-state index in [2.05, 4.69) is 28.9 Å². The van der Waals surface area contributed by atoms with Crippen molar-refractivity contribution < 1.29 is 14.4 Å². The normalized spacial score (nSPS) is 16.7. The molecule has 5 heteroatoms. The predicted molar refractivity (Wildman–Crippen MR) is 90.2 cm³/mol. The predicted octanol–water partition coefficient (Wildman–Crippen LogP) is 2.24. The van der Waals surface area contributed by atoms with Crippen LogP contribution in [0.3, 0.4) is 0 Å². The minimum Gasteiger partial charge on any atom is -0.273 e. The molecule has 4 rings (SSSR count). The van der Waals surface area contributed by atoms with Crippen molar-refractivity contribution in [3.05, 3.63) is 64.7 Å². The smallest absolute Gasteiger partial charge is 0.273 e. The molecule has 1 aliphatic carbocycles. The van der Waals surface area contributed by atoms with E-state index in [0.717, 1.165) is 34.7 Å². The van der Waals surface area contributed by atoms with E-state index >= 15 is 0 Å². The average Bonchev–Trinajstić information content (AvgIpc) is 2.57. The number of hydrogen-bond donors (Lipinski definition) is 2. The van der Waals surface area contributed by atoms with Gasteiger partial charge in [-0.1, -0.05) is 42.5 Å². The van der Waals surface area contributed by atoms with Crippen molar-refractivity contribution in [2.45, 2.75) is 12.8 Å². The Morgan fingerprint density at radius 2 is 1.62 bits per heavy atom. The molecule has 0 spiro atoms. The number of allylic oxidation sites excluding steroid dienone is 2. The van der Waals surface area contributed by atoms with Gasteiger partial charge in [0.05, 0.1) is 0 Å². The molecule has 2 aromatic rings. The molecule has 1 fully saturated rings. The monoisotopic (exact) mass is 318 g/mol. The Morgan fingerprint density at radius 1 is 0.917 bits per heavy atom. The van der Waals surface area contributed by atoms with Gasteiger partial charge in [-0.2, -0.15) is 0 Å². The van der Waals surface area contributed by atoms with Crippen LogP contribution in [0.15, 0.2) is 48.1 Å². The lowest BCUT2D eigenvalue weighted by Crippen LogP contribution is -2.51. The number of fused-ring (bicyclic) bond motifs is 2. The van der Waals surface area contributed by atoms with Gasteiger partial charge in [0.1, 0.15) is 5.57 Å². The minimum absolute atomic E-state index is 0.0530. The van der Waals surface area contributed by atoms with Gasteiger partial charge >= 0.3 is 6.03 Å². The van der Waals surface area contributed by atoms with Crippen LogP contribution >= 0.6 is 0 Å². The molecule has 5 nitrogen and oxygen atoms in total. The number of amides is 4. The second-order valence-electron chi connectivity index (χ2n) is 5.82. The summed E-state index contributed by atoms with van der Waals surface area (Å²) in [7, 11) is 0. The molecule has 1 saturated heterocycles. The molecule has 0 unspecified atom stereocenters. The summed E-state index contributed by atoms with van der Waals surface area (Å²) in [5, 5.41) is 6.28. The van der Waals surface area contributed by atoms with Crippen LogP contribution < -0.4 is 10.6 Å². The second-order valence-corrected chi connectivity index (χ2v) is 5.82. The lowest BCUT2D eigenvalue weighted by Gasteiger charge is -2.19. The van der Waals surface area contributed by atoms with E-state index in [-0.39, 0.29) is 5.57 Å². The van der Waals surface area contributed by atoms with Gasteiger partial charge in [0, 0.05) is 0 Å². The molecule has 1 heterocycles. The SMILES string of the molecule is O=C1NC(=O)C(=Cc2c3c(cc4ccccc24)CC=CC3)C(=O)N1. The minimum atomic E-state index is -0.787. The molecule has 118 valence electrons. The third-order valence-electron chi connectivity index (χ3n) is 4.35. The van der Waals surface area contributed by atoms with Gasteiger partial charge in [-0.15, -0.1) is 0 Å². The van der Waals surface area contributed by atoms with E-state index in [4.69, 9.17) is 0 Å². The highest BCUT2D eigenvalue weighted by Gasteiger charge is 2.28. The molecule has 0 atom stereocenters. The molecular formula is C19H14N2O3. The first-order valence-electron chi connectivity index (χ1n) is 7.70. The summed E-state index contributed by atoms with van der Waals surface area (Å²) in [5.74, 6) is -1.34. The molecule has 0 bridgehead atoms. The van der Waals surface area contributed by atoms with Crippen molar-refractivity contribution >= 4 is 34.7 Å². The van der Waals surface area contributed by atoms with Gasteiger partial charge in [0.15, 0.2) is 0 Å². The maximum Gasteiger partial charge on any atom is 0.328 e. The van der Waals surface area contributed by atoms with Gasteiger partial charge in [-0.3, -0.25) is 20.2 Å². The highest BCUT2D eigenvalue weighted by molar-refractivity contribution is 6.31. The van der Waals surface area contributed by atoms with Gasteiger partial charge in [-0.25, -0.2) is 4.79 Å². The Bertz CT molecular complexity index is 948. The average molecular weight is 318 g/mol. The standard InChI is InChI=1S/C19H14N2O3/c22-17-16(18(23)21-19(24)20-17)10-15-13-7-3-1-5-11(13)9-12-6-2-4-8-14(12)15/h1-5,7,9-10H,6,8H2,(H2,20,21,22,23,24). The Kier molecular flexibility index (Phi) is 3.27. The Hall–Kier alpha value is -3.21. The molecule has 0 radical (unpaired) electrons. The molecule has 2 aromatic carbocycles. The number of barbiturate groups is 1. The number of hydrogen-bond acceptors (Lipinski definition) is 3. The topological polar surface area (TPSA) is 75.3 Å². The summed E-state index contributed by atoms with van der Waals surface area (Å²) in [4.78, 5) is 35.3. The Morgan fingerprint density at radius 3 is 2.42 bits per heavy atom. The summed E-state index contributed by atoms with van der Waals surface area (Å²) in [6.45, 7) is 0.